The van der Waals surface area contributed by atoms with Crippen LogP contribution in [-0.2, 0) is 14.3 Å². The van der Waals surface area contributed by atoms with Crippen molar-refractivity contribution in [3.63, 3.8) is 0 Å². The fourth-order valence-corrected chi connectivity index (χ4v) is 2.87. The smallest absolute Gasteiger partial charge is 0.236 e. The molecule has 0 saturated carbocycles. The molecule has 124 valence electrons. The number of piperazine rings is 1. The molecule has 2 fully saturated rings. The number of carbonyl (C=O) groups excluding carboxylic acids is 2. The Morgan fingerprint density at radius 2 is 2.09 bits per heavy atom. The lowest BCUT2D eigenvalue weighted by Crippen LogP contribution is -2.52. The van der Waals surface area contributed by atoms with Crippen molar-refractivity contribution in [3.05, 3.63) is 35.6 Å². The Morgan fingerprint density at radius 1 is 1.30 bits per heavy atom. The molecule has 0 aromatic heterocycles. The van der Waals surface area contributed by atoms with E-state index < -0.39 is 0 Å². The van der Waals surface area contributed by atoms with E-state index in [0.717, 1.165) is 5.56 Å². The summed E-state index contributed by atoms with van der Waals surface area (Å²) in [5.74, 6) is -0.341. The molecule has 0 radical (unpaired) electrons. The van der Waals surface area contributed by atoms with E-state index in [1.165, 1.54) is 12.1 Å². The summed E-state index contributed by atoms with van der Waals surface area (Å²) in [4.78, 5) is 27.4. The Morgan fingerprint density at radius 3 is 2.83 bits per heavy atom. The Hall–Kier alpha value is -1.99. The van der Waals surface area contributed by atoms with Gasteiger partial charge >= 0.3 is 0 Å². The number of nitrogens with zero attached hydrogens (tertiary/aromatic N) is 2. The van der Waals surface area contributed by atoms with E-state index in [9.17, 15) is 14.0 Å². The second-order valence-electron chi connectivity index (χ2n) is 5.81. The molecule has 2 amide bonds. The lowest BCUT2D eigenvalue weighted by Gasteiger charge is -2.35. The maximum atomic E-state index is 13.0. The Bertz CT molecular complexity index is 578. The number of amides is 2. The van der Waals surface area contributed by atoms with Crippen molar-refractivity contribution in [1.82, 2.24) is 15.1 Å². The summed E-state index contributed by atoms with van der Waals surface area (Å²) in [7, 11) is 0. The van der Waals surface area contributed by atoms with Crippen molar-refractivity contribution in [2.24, 2.45) is 0 Å². The van der Waals surface area contributed by atoms with E-state index in [4.69, 9.17) is 4.74 Å². The topological polar surface area (TPSA) is 61.9 Å². The van der Waals surface area contributed by atoms with Gasteiger partial charge in [0.15, 0.2) is 0 Å². The van der Waals surface area contributed by atoms with Crippen molar-refractivity contribution < 1.29 is 18.7 Å². The maximum absolute atomic E-state index is 13.0. The van der Waals surface area contributed by atoms with Crippen LogP contribution in [0.2, 0.25) is 0 Å². The monoisotopic (exact) mass is 321 g/mol. The molecule has 2 saturated heterocycles. The fraction of sp³-hybridized carbons (Fsp3) is 0.500. The quantitative estimate of drug-likeness (QED) is 0.861. The van der Waals surface area contributed by atoms with Crippen LogP contribution in [0.15, 0.2) is 24.3 Å². The normalized spacial score (nSPS) is 22.7. The van der Waals surface area contributed by atoms with Gasteiger partial charge in [0.1, 0.15) is 11.9 Å². The van der Waals surface area contributed by atoms with Crippen LogP contribution in [-0.4, -0.2) is 67.5 Å². The molecule has 2 aliphatic heterocycles. The first-order chi connectivity index (χ1) is 11.1. The molecule has 1 N–H and O–H groups in total. The summed E-state index contributed by atoms with van der Waals surface area (Å²) in [5, 5.41) is 2.74. The number of nitrogens with one attached hydrogen (secondary N) is 1. The van der Waals surface area contributed by atoms with Crippen LogP contribution in [0.25, 0.3) is 0 Å². The molecule has 1 aromatic rings. The molecule has 7 heteroatoms. The highest BCUT2D eigenvalue weighted by molar-refractivity contribution is 5.82. The minimum absolute atomic E-state index is 0.00453. The van der Waals surface area contributed by atoms with Crippen molar-refractivity contribution in [2.45, 2.75) is 6.10 Å². The van der Waals surface area contributed by atoms with E-state index in [1.54, 1.807) is 17.0 Å². The first kappa shape index (κ1) is 15.9. The lowest BCUT2D eigenvalue weighted by atomic mass is 10.1. The van der Waals surface area contributed by atoms with E-state index in [2.05, 4.69) is 5.32 Å². The van der Waals surface area contributed by atoms with Crippen molar-refractivity contribution >= 4 is 11.8 Å². The van der Waals surface area contributed by atoms with Gasteiger partial charge in [-0.25, -0.2) is 4.39 Å². The molecular formula is C16H20FN3O3. The van der Waals surface area contributed by atoms with Gasteiger partial charge in [0.2, 0.25) is 11.8 Å². The number of ether oxygens (including phenoxy) is 1. The van der Waals surface area contributed by atoms with Gasteiger partial charge in [-0.15, -0.1) is 0 Å². The molecule has 6 nitrogen and oxygen atoms in total. The van der Waals surface area contributed by atoms with Crippen molar-refractivity contribution in [3.8, 4) is 0 Å². The van der Waals surface area contributed by atoms with Gasteiger partial charge < -0.3 is 15.0 Å². The van der Waals surface area contributed by atoms with E-state index in [1.807, 2.05) is 4.90 Å². The second kappa shape index (κ2) is 7.06. The summed E-state index contributed by atoms with van der Waals surface area (Å²) in [6.45, 7) is 3.20. The summed E-state index contributed by atoms with van der Waals surface area (Å²) in [6, 6.07) is 6.16. The van der Waals surface area contributed by atoms with Gasteiger partial charge in [0.05, 0.1) is 26.2 Å². The summed E-state index contributed by atoms with van der Waals surface area (Å²) in [5.41, 5.74) is 0.862. The standard InChI is InChI=1S/C16H20FN3O3/c17-13-3-1-12(2-4-13)14-9-20(7-8-23-14)16(22)11-19-6-5-18-15(21)10-19/h1-4,14H,5-11H2,(H,18,21)/t14-/m1/s1. The third kappa shape index (κ3) is 4.05. The predicted octanol–water partition coefficient (Wildman–Crippen LogP) is 0.157. The van der Waals surface area contributed by atoms with Gasteiger partial charge in [-0.3, -0.25) is 14.5 Å². The first-order valence-electron chi connectivity index (χ1n) is 7.76. The van der Waals surface area contributed by atoms with E-state index >= 15 is 0 Å². The van der Waals surface area contributed by atoms with Crippen LogP contribution in [0.4, 0.5) is 4.39 Å². The number of carbonyl (C=O) groups is 2. The third-order valence-electron chi connectivity index (χ3n) is 4.14. The van der Waals surface area contributed by atoms with Gasteiger partial charge in [-0.2, -0.15) is 0 Å². The predicted molar refractivity (Wildman–Crippen MR) is 81.1 cm³/mol. The minimum Gasteiger partial charge on any atom is -0.370 e. The molecule has 1 atom stereocenters. The van der Waals surface area contributed by atoms with E-state index in [0.29, 0.717) is 32.8 Å². The largest absolute Gasteiger partial charge is 0.370 e. The molecule has 1 aromatic carbocycles. The van der Waals surface area contributed by atoms with Crippen molar-refractivity contribution in [2.75, 3.05) is 45.9 Å². The number of hydrogen-bond donors (Lipinski definition) is 1. The Kier molecular flexibility index (Phi) is 4.88. The summed E-state index contributed by atoms with van der Waals surface area (Å²) < 4.78 is 18.7. The van der Waals surface area contributed by atoms with Crippen LogP contribution >= 0.6 is 0 Å². The van der Waals surface area contributed by atoms with Gasteiger partial charge in [0, 0.05) is 19.6 Å². The molecule has 0 unspecified atom stereocenters. The molecular weight excluding hydrogens is 301 g/mol. The van der Waals surface area contributed by atoms with Crippen LogP contribution in [0.5, 0.6) is 0 Å². The lowest BCUT2D eigenvalue weighted by molar-refractivity contribution is -0.141. The molecule has 2 heterocycles. The summed E-state index contributed by atoms with van der Waals surface area (Å²) in [6.07, 6.45) is -0.238. The minimum atomic E-state index is -0.291. The summed E-state index contributed by atoms with van der Waals surface area (Å²) >= 11 is 0. The number of morpholine rings is 1. The van der Waals surface area contributed by atoms with Crippen LogP contribution in [0, 0.1) is 5.82 Å². The second-order valence-corrected chi connectivity index (χ2v) is 5.81. The van der Waals surface area contributed by atoms with Crippen LogP contribution in [0.1, 0.15) is 11.7 Å². The first-order valence-corrected chi connectivity index (χ1v) is 7.76. The Balaban J connectivity index is 1.58. The number of benzene rings is 1. The number of hydrogen-bond acceptors (Lipinski definition) is 4. The number of halogens is 1. The molecule has 0 bridgehead atoms. The van der Waals surface area contributed by atoms with Gasteiger partial charge in [-0.05, 0) is 17.7 Å². The van der Waals surface area contributed by atoms with Crippen LogP contribution < -0.4 is 5.32 Å². The zero-order chi connectivity index (χ0) is 16.2. The highest BCUT2D eigenvalue weighted by atomic mass is 19.1. The molecule has 2 aliphatic rings. The van der Waals surface area contributed by atoms with Gasteiger partial charge in [0.25, 0.3) is 0 Å². The van der Waals surface area contributed by atoms with Gasteiger partial charge in [-0.1, -0.05) is 12.1 Å². The zero-order valence-electron chi connectivity index (χ0n) is 12.8. The average Bonchev–Trinajstić information content (AvgIpc) is 2.56. The van der Waals surface area contributed by atoms with E-state index in [-0.39, 0.29) is 36.8 Å². The highest BCUT2D eigenvalue weighted by Crippen LogP contribution is 2.22. The average molecular weight is 321 g/mol. The third-order valence-corrected chi connectivity index (χ3v) is 4.14. The Labute approximate surface area is 134 Å². The zero-order valence-corrected chi connectivity index (χ0v) is 12.8. The molecule has 3 rings (SSSR count). The fourth-order valence-electron chi connectivity index (χ4n) is 2.87. The molecule has 23 heavy (non-hydrogen) atoms. The number of rotatable bonds is 3. The molecule has 0 aliphatic carbocycles. The van der Waals surface area contributed by atoms with Crippen molar-refractivity contribution in [1.29, 1.82) is 0 Å². The molecule has 0 spiro atoms. The van der Waals surface area contributed by atoms with Crippen LogP contribution in [0.3, 0.4) is 0 Å². The highest BCUT2D eigenvalue weighted by Gasteiger charge is 2.27. The SMILES string of the molecule is O=C1CN(CC(=O)N2CCO[C@@H](c3ccc(F)cc3)C2)CCN1. The maximum Gasteiger partial charge on any atom is 0.236 e.